The smallest absolute Gasteiger partial charge is 0.227 e. The molecule has 0 saturated heterocycles. The third-order valence-electron chi connectivity index (χ3n) is 9.50. The number of hydrogen-bond donors (Lipinski definition) is 0. The van der Waals surface area contributed by atoms with E-state index in [1.54, 1.807) is 0 Å². The Kier molecular flexibility index (Phi) is 6.74. The van der Waals surface area contributed by atoms with Gasteiger partial charge in [0.1, 0.15) is 5.52 Å². The molecule has 0 bridgehead atoms. The summed E-state index contributed by atoms with van der Waals surface area (Å²) in [5.74, 6) is 2.51. The van der Waals surface area contributed by atoms with E-state index in [1.165, 1.54) is 10.8 Å². The van der Waals surface area contributed by atoms with Crippen molar-refractivity contribution in [3.8, 4) is 56.7 Å². The van der Waals surface area contributed by atoms with Crippen molar-refractivity contribution in [3.63, 3.8) is 0 Å². The highest BCUT2D eigenvalue weighted by molar-refractivity contribution is 6.05. The van der Waals surface area contributed by atoms with E-state index in [-0.39, 0.29) is 0 Å². The van der Waals surface area contributed by atoms with E-state index < -0.39 is 0 Å². The lowest BCUT2D eigenvalue weighted by atomic mass is 9.99. The first-order valence-electron chi connectivity index (χ1n) is 17.0. The van der Waals surface area contributed by atoms with Crippen LogP contribution in [0.1, 0.15) is 0 Å². The van der Waals surface area contributed by atoms with Crippen molar-refractivity contribution >= 4 is 43.4 Å². The highest BCUT2D eigenvalue weighted by Gasteiger charge is 2.15. The minimum atomic E-state index is 0.621. The summed E-state index contributed by atoms with van der Waals surface area (Å²) in [7, 11) is 0. The lowest BCUT2D eigenvalue weighted by Crippen LogP contribution is -2.00. The maximum atomic E-state index is 6.30. The van der Waals surface area contributed by atoms with Crippen LogP contribution in [0.5, 0.6) is 0 Å². The number of nitrogens with zero attached hydrogens (tertiary/aromatic N) is 4. The molecule has 10 rings (SSSR count). The second-order valence-electron chi connectivity index (χ2n) is 12.7. The van der Waals surface area contributed by atoms with Gasteiger partial charge in [-0.3, -0.25) is 0 Å². The molecule has 0 aliphatic carbocycles. The monoisotopic (exact) mass is 652 g/mol. The van der Waals surface area contributed by atoms with E-state index in [0.717, 1.165) is 66.0 Å². The Hall–Kier alpha value is -6.98. The average molecular weight is 653 g/mol. The molecule has 51 heavy (non-hydrogen) atoms. The van der Waals surface area contributed by atoms with Crippen molar-refractivity contribution in [2.45, 2.75) is 0 Å². The molecule has 0 N–H and O–H groups in total. The second kappa shape index (κ2) is 11.9. The first-order chi connectivity index (χ1) is 25.2. The Bertz CT molecular complexity index is 2830. The third-order valence-corrected chi connectivity index (χ3v) is 9.50. The van der Waals surface area contributed by atoms with Crippen LogP contribution in [0.4, 0.5) is 0 Å². The largest absolute Gasteiger partial charge is 0.435 e. The molecular weight excluding hydrogens is 625 g/mol. The number of hydrogen-bond acceptors (Lipinski definition) is 5. The first-order valence-corrected chi connectivity index (χ1v) is 17.0. The zero-order valence-electron chi connectivity index (χ0n) is 27.4. The fraction of sp³-hybridized carbons (Fsp3) is 0. The fourth-order valence-electron chi connectivity index (χ4n) is 6.86. The number of benzene rings is 8. The molecule has 238 valence electrons. The van der Waals surface area contributed by atoms with Crippen molar-refractivity contribution in [3.05, 3.63) is 170 Å². The highest BCUT2D eigenvalue weighted by Crippen LogP contribution is 2.34. The van der Waals surface area contributed by atoms with Crippen molar-refractivity contribution in [2.24, 2.45) is 0 Å². The quantitative estimate of drug-likeness (QED) is 0.185. The molecule has 2 heterocycles. The summed E-state index contributed by atoms with van der Waals surface area (Å²) in [6.07, 6.45) is 0. The summed E-state index contributed by atoms with van der Waals surface area (Å²) in [4.78, 5) is 19.9. The van der Waals surface area contributed by atoms with Gasteiger partial charge >= 0.3 is 0 Å². The molecule has 0 unspecified atom stereocenters. The van der Waals surface area contributed by atoms with Gasteiger partial charge in [-0.2, -0.15) is 0 Å². The third kappa shape index (κ3) is 5.29. The zero-order valence-corrected chi connectivity index (χ0v) is 27.4. The van der Waals surface area contributed by atoms with Crippen LogP contribution >= 0.6 is 0 Å². The lowest BCUT2D eigenvalue weighted by Gasteiger charge is -2.11. The average Bonchev–Trinajstić information content (AvgIpc) is 3.66. The van der Waals surface area contributed by atoms with E-state index in [9.17, 15) is 0 Å². The van der Waals surface area contributed by atoms with Gasteiger partial charge in [-0.15, -0.1) is 0 Å². The molecule has 0 atom stereocenters. The normalized spacial score (nSPS) is 11.5. The molecule has 0 amide bonds. The predicted octanol–water partition coefficient (Wildman–Crippen LogP) is 11.8. The first kappa shape index (κ1) is 29.0. The predicted molar refractivity (Wildman–Crippen MR) is 207 cm³/mol. The summed E-state index contributed by atoms with van der Waals surface area (Å²) < 4.78 is 6.30. The Labute approximate surface area is 293 Å². The van der Waals surface area contributed by atoms with E-state index in [1.807, 2.05) is 36.4 Å². The second-order valence-corrected chi connectivity index (χ2v) is 12.7. The minimum Gasteiger partial charge on any atom is -0.435 e. The minimum absolute atomic E-state index is 0.621. The van der Waals surface area contributed by atoms with Gasteiger partial charge in [0.25, 0.3) is 0 Å². The molecule has 5 heteroatoms. The van der Waals surface area contributed by atoms with Crippen molar-refractivity contribution < 1.29 is 4.42 Å². The van der Waals surface area contributed by atoms with E-state index in [4.69, 9.17) is 24.4 Å². The van der Waals surface area contributed by atoms with Gasteiger partial charge in [-0.05, 0) is 86.6 Å². The Morgan fingerprint density at radius 1 is 0.314 bits per heavy atom. The van der Waals surface area contributed by atoms with Crippen LogP contribution in [-0.4, -0.2) is 19.9 Å². The van der Waals surface area contributed by atoms with Crippen molar-refractivity contribution in [1.29, 1.82) is 0 Å². The number of aromatic nitrogens is 4. The lowest BCUT2D eigenvalue weighted by molar-refractivity contribution is 0.623. The molecule has 0 spiro atoms. The van der Waals surface area contributed by atoms with Gasteiger partial charge in [-0.25, -0.2) is 19.9 Å². The van der Waals surface area contributed by atoms with Gasteiger partial charge in [0.05, 0.1) is 0 Å². The molecule has 0 saturated carbocycles. The number of rotatable bonds is 5. The van der Waals surface area contributed by atoms with Crippen LogP contribution < -0.4 is 0 Å². The van der Waals surface area contributed by atoms with E-state index in [2.05, 4.69) is 133 Å². The summed E-state index contributed by atoms with van der Waals surface area (Å²) >= 11 is 0. The van der Waals surface area contributed by atoms with E-state index in [0.29, 0.717) is 23.4 Å². The van der Waals surface area contributed by atoms with Crippen LogP contribution in [-0.2, 0) is 0 Å². The van der Waals surface area contributed by atoms with Crippen molar-refractivity contribution in [2.75, 3.05) is 0 Å². The number of oxazole rings is 1. The maximum absolute atomic E-state index is 6.30. The highest BCUT2D eigenvalue weighted by atomic mass is 16.3. The zero-order chi connectivity index (χ0) is 33.7. The maximum Gasteiger partial charge on any atom is 0.227 e. The summed E-state index contributed by atoms with van der Waals surface area (Å²) in [5, 5.41) is 6.74. The van der Waals surface area contributed by atoms with Gasteiger partial charge in [0.15, 0.2) is 23.1 Å². The van der Waals surface area contributed by atoms with Gasteiger partial charge in [-0.1, -0.05) is 121 Å². The topological polar surface area (TPSA) is 64.7 Å². The molecule has 0 radical (unpaired) electrons. The standard InChI is InChI=1S/C46H28N4O/c1-2-11-31(12-3-1)46-47-41-24-22-36-25-35(21-23-40(36)42(41)51-46)34-15-8-16-37(28-34)43-48-44(38-19-17-29-9-4-6-13-32(29)26-38)50-45(49-43)39-20-18-30-10-5-7-14-33(30)27-39/h1-28H. The summed E-state index contributed by atoms with van der Waals surface area (Å²) in [6, 6.07) is 58.5. The van der Waals surface area contributed by atoms with Crippen LogP contribution in [0.25, 0.3) is 100 Å². The van der Waals surface area contributed by atoms with Gasteiger partial charge in [0.2, 0.25) is 5.89 Å². The van der Waals surface area contributed by atoms with E-state index >= 15 is 0 Å². The molecular formula is C46H28N4O. The van der Waals surface area contributed by atoms with Crippen LogP contribution in [0.2, 0.25) is 0 Å². The fourth-order valence-corrected chi connectivity index (χ4v) is 6.86. The molecule has 0 fully saturated rings. The molecule has 0 aliphatic heterocycles. The summed E-state index contributed by atoms with van der Waals surface area (Å²) in [6.45, 7) is 0. The van der Waals surface area contributed by atoms with Crippen LogP contribution in [0.3, 0.4) is 0 Å². The molecule has 0 aliphatic rings. The van der Waals surface area contributed by atoms with Crippen LogP contribution in [0.15, 0.2) is 174 Å². The summed E-state index contributed by atoms with van der Waals surface area (Å²) in [5.41, 5.74) is 7.55. The van der Waals surface area contributed by atoms with Crippen molar-refractivity contribution in [1.82, 2.24) is 19.9 Å². The Morgan fingerprint density at radius 3 is 1.47 bits per heavy atom. The van der Waals surface area contributed by atoms with Gasteiger partial charge < -0.3 is 4.42 Å². The molecule has 10 aromatic rings. The molecule has 8 aromatic carbocycles. The molecule has 2 aromatic heterocycles. The SMILES string of the molecule is c1ccc(-c2nc3ccc4cc(-c5cccc(-c6nc(-c7ccc8ccccc8c7)nc(-c7ccc8ccccc8c7)n6)c5)ccc4c3o2)cc1. The van der Waals surface area contributed by atoms with Crippen LogP contribution in [0, 0.1) is 0 Å². The Balaban J connectivity index is 1.08. The Morgan fingerprint density at radius 2 is 0.804 bits per heavy atom. The number of fused-ring (bicyclic) bond motifs is 5. The molecule has 5 nitrogen and oxygen atoms in total. The van der Waals surface area contributed by atoms with Gasteiger partial charge in [0, 0.05) is 27.6 Å².